The Hall–Kier alpha value is -3.35. The third-order valence-corrected chi connectivity index (χ3v) is 5.95. The first-order chi connectivity index (χ1) is 15.7. The molecule has 3 N–H and O–H groups in total. The Balaban J connectivity index is 2.11. The van der Waals surface area contributed by atoms with Crippen LogP contribution in [0.3, 0.4) is 0 Å². The molecule has 1 aliphatic rings. The molecule has 3 rings (SSSR count). The van der Waals surface area contributed by atoms with E-state index in [9.17, 15) is 35.9 Å². The van der Waals surface area contributed by atoms with Gasteiger partial charge in [-0.2, -0.15) is 17.6 Å². The number of nitrogens with one attached hydrogen (secondary N) is 1. The fraction of sp³-hybridized carbons (Fsp3) is 0.381. The number of alkyl halides is 3. The standard InChI is InChI=1S/C21H19F6N3O4/c1-8-12(9-4-5-10(22)13(23)16(9)33-3)17(34-20(8,2)21(25,26)27)19(32)30-11-6-7-29-15(14(11)24)18(28)31/h4-8,12,17H,1-3H3,(H2,28,31)(H,29,30,32)/t8-,12-,17-,20+/m1/s1. The number of pyridine rings is 1. The number of methoxy groups -OCH3 is 1. The van der Waals surface area contributed by atoms with Crippen LogP contribution in [0.25, 0.3) is 0 Å². The number of ether oxygens (including phenoxy) is 2. The summed E-state index contributed by atoms with van der Waals surface area (Å²) in [6.07, 6.45) is -5.95. The molecule has 7 nitrogen and oxygen atoms in total. The molecule has 4 atom stereocenters. The van der Waals surface area contributed by atoms with Crippen molar-refractivity contribution in [2.24, 2.45) is 11.7 Å². The van der Waals surface area contributed by atoms with Gasteiger partial charge < -0.3 is 20.5 Å². The van der Waals surface area contributed by atoms with E-state index in [-0.39, 0.29) is 5.56 Å². The summed E-state index contributed by atoms with van der Waals surface area (Å²) >= 11 is 0. The lowest BCUT2D eigenvalue weighted by atomic mass is 9.77. The topological polar surface area (TPSA) is 104 Å². The first kappa shape index (κ1) is 25.3. The summed E-state index contributed by atoms with van der Waals surface area (Å²) in [5.74, 6) is -10.2. The first-order valence-corrected chi connectivity index (χ1v) is 9.76. The zero-order chi connectivity index (χ0) is 25.6. The van der Waals surface area contributed by atoms with Crippen LogP contribution in [-0.4, -0.2) is 41.8 Å². The van der Waals surface area contributed by atoms with Crippen LogP contribution in [0.4, 0.5) is 32.0 Å². The van der Waals surface area contributed by atoms with E-state index in [2.05, 4.69) is 10.3 Å². The fourth-order valence-corrected chi connectivity index (χ4v) is 3.96. The highest BCUT2D eigenvalue weighted by atomic mass is 19.4. The summed E-state index contributed by atoms with van der Waals surface area (Å²) in [6, 6.07) is 2.62. The van der Waals surface area contributed by atoms with E-state index in [0.29, 0.717) is 13.0 Å². The summed E-state index contributed by atoms with van der Waals surface area (Å²) in [7, 11) is 0.984. The Morgan fingerprint density at radius 1 is 1.18 bits per heavy atom. The van der Waals surface area contributed by atoms with Crippen molar-refractivity contribution in [2.45, 2.75) is 37.6 Å². The number of aromatic nitrogens is 1. The van der Waals surface area contributed by atoms with Crippen molar-refractivity contribution >= 4 is 17.5 Å². The number of primary amides is 1. The van der Waals surface area contributed by atoms with Gasteiger partial charge in [0.1, 0.15) is 6.10 Å². The van der Waals surface area contributed by atoms with Gasteiger partial charge >= 0.3 is 6.18 Å². The molecule has 1 saturated heterocycles. The van der Waals surface area contributed by atoms with Crippen LogP contribution in [0.1, 0.15) is 35.8 Å². The lowest BCUT2D eigenvalue weighted by molar-refractivity contribution is -0.272. The van der Waals surface area contributed by atoms with Gasteiger partial charge in [-0.15, -0.1) is 0 Å². The Kier molecular flexibility index (Phi) is 6.53. The van der Waals surface area contributed by atoms with Gasteiger partial charge in [-0.3, -0.25) is 9.59 Å². The van der Waals surface area contributed by atoms with E-state index in [1.54, 1.807) is 0 Å². The molecule has 0 spiro atoms. The highest BCUT2D eigenvalue weighted by molar-refractivity contribution is 5.97. The average molecular weight is 491 g/mol. The molecular weight excluding hydrogens is 472 g/mol. The summed E-state index contributed by atoms with van der Waals surface area (Å²) in [5.41, 5.74) is 0.468. The normalized spacial score (nSPS) is 24.7. The van der Waals surface area contributed by atoms with Crippen molar-refractivity contribution in [1.29, 1.82) is 0 Å². The predicted octanol–water partition coefficient (Wildman–Crippen LogP) is 3.68. The van der Waals surface area contributed by atoms with Gasteiger partial charge in [-0.05, 0) is 19.1 Å². The third-order valence-electron chi connectivity index (χ3n) is 5.95. The SMILES string of the molecule is COc1c([C@H]2[C@@H](C)[C@@](C)(C(F)(F)F)O[C@H]2C(=O)Nc2ccnc(C(N)=O)c2F)ccc(F)c1F. The highest BCUT2D eigenvalue weighted by Crippen LogP contribution is 2.55. The molecule has 0 aliphatic carbocycles. The van der Waals surface area contributed by atoms with Crippen molar-refractivity contribution in [3.63, 3.8) is 0 Å². The number of nitrogens with zero attached hydrogens (tertiary/aromatic N) is 1. The number of carbonyl (C=O) groups is 2. The highest BCUT2D eigenvalue weighted by Gasteiger charge is 2.66. The van der Waals surface area contributed by atoms with Crippen LogP contribution in [0, 0.1) is 23.4 Å². The fourth-order valence-electron chi connectivity index (χ4n) is 3.96. The summed E-state index contributed by atoms with van der Waals surface area (Å²) in [5, 5.41) is 2.06. The number of anilines is 1. The summed E-state index contributed by atoms with van der Waals surface area (Å²) < 4.78 is 94.5. The summed E-state index contributed by atoms with van der Waals surface area (Å²) in [4.78, 5) is 27.8. The molecule has 2 amide bonds. The molecule has 0 unspecified atom stereocenters. The van der Waals surface area contributed by atoms with Crippen LogP contribution in [0.15, 0.2) is 24.4 Å². The van der Waals surface area contributed by atoms with Crippen molar-refractivity contribution in [3.8, 4) is 5.75 Å². The molecule has 1 aliphatic heterocycles. The van der Waals surface area contributed by atoms with E-state index in [1.807, 2.05) is 0 Å². The van der Waals surface area contributed by atoms with Gasteiger partial charge in [0.05, 0.1) is 12.8 Å². The molecule has 2 aromatic rings. The smallest absolute Gasteiger partial charge is 0.417 e. The van der Waals surface area contributed by atoms with E-state index >= 15 is 0 Å². The van der Waals surface area contributed by atoms with Gasteiger partial charge in [-0.1, -0.05) is 13.0 Å². The second-order valence-corrected chi connectivity index (χ2v) is 7.82. The monoisotopic (exact) mass is 491 g/mol. The minimum Gasteiger partial charge on any atom is -0.493 e. The lowest BCUT2D eigenvalue weighted by Crippen LogP contribution is -2.47. The molecule has 13 heteroatoms. The largest absolute Gasteiger partial charge is 0.493 e. The quantitative estimate of drug-likeness (QED) is 0.622. The maximum Gasteiger partial charge on any atom is 0.417 e. The molecule has 2 heterocycles. The molecule has 1 aromatic carbocycles. The van der Waals surface area contributed by atoms with Gasteiger partial charge in [0.15, 0.2) is 28.7 Å². The maximum atomic E-state index is 14.5. The molecule has 0 bridgehead atoms. The van der Waals surface area contributed by atoms with Gasteiger partial charge in [0.25, 0.3) is 11.8 Å². The average Bonchev–Trinajstić information content (AvgIpc) is 3.03. The number of hydrogen-bond donors (Lipinski definition) is 2. The molecule has 184 valence electrons. The van der Waals surface area contributed by atoms with Crippen molar-refractivity contribution in [3.05, 3.63) is 53.1 Å². The van der Waals surface area contributed by atoms with E-state index < -0.39 is 76.1 Å². The zero-order valence-electron chi connectivity index (χ0n) is 18.0. The van der Waals surface area contributed by atoms with Crippen molar-refractivity contribution in [1.82, 2.24) is 4.98 Å². The van der Waals surface area contributed by atoms with Gasteiger partial charge in [0, 0.05) is 23.6 Å². The molecular formula is C21H19F6N3O4. The number of nitrogens with two attached hydrogens (primary N) is 1. The molecule has 1 fully saturated rings. The Bertz CT molecular complexity index is 1140. The van der Waals surface area contributed by atoms with Crippen molar-refractivity contribution in [2.75, 3.05) is 12.4 Å². The number of amides is 2. The number of halogens is 6. The van der Waals surface area contributed by atoms with Crippen molar-refractivity contribution < 1.29 is 45.4 Å². The van der Waals surface area contributed by atoms with E-state index in [0.717, 1.165) is 32.4 Å². The van der Waals surface area contributed by atoms with Gasteiger partial charge in [0.2, 0.25) is 5.82 Å². The Labute approximate surface area is 189 Å². The number of carbonyl (C=O) groups excluding carboxylic acids is 2. The number of hydrogen-bond acceptors (Lipinski definition) is 5. The second-order valence-electron chi connectivity index (χ2n) is 7.82. The van der Waals surface area contributed by atoms with E-state index in [1.165, 1.54) is 0 Å². The van der Waals surface area contributed by atoms with Crippen LogP contribution >= 0.6 is 0 Å². The minimum absolute atomic E-state index is 0.255. The van der Waals surface area contributed by atoms with Crippen LogP contribution in [0.2, 0.25) is 0 Å². The molecule has 34 heavy (non-hydrogen) atoms. The Morgan fingerprint density at radius 2 is 1.82 bits per heavy atom. The summed E-state index contributed by atoms with van der Waals surface area (Å²) in [6.45, 7) is 1.84. The minimum atomic E-state index is -4.97. The second kappa shape index (κ2) is 8.78. The molecule has 0 saturated carbocycles. The number of rotatable bonds is 5. The lowest BCUT2D eigenvalue weighted by Gasteiger charge is -2.32. The Morgan fingerprint density at radius 3 is 2.38 bits per heavy atom. The van der Waals surface area contributed by atoms with Crippen LogP contribution in [0.5, 0.6) is 5.75 Å². The maximum absolute atomic E-state index is 14.5. The predicted molar refractivity (Wildman–Crippen MR) is 105 cm³/mol. The molecule has 1 aromatic heterocycles. The van der Waals surface area contributed by atoms with Gasteiger partial charge in [-0.25, -0.2) is 13.8 Å². The third kappa shape index (κ3) is 4.04. The van der Waals surface area contributed by atoms with Crippen LogP contribution in [-0.2, 0) is 9.53 Å². The number of benzene rings is 1. The zero-order valence-corrected chi connectivity index (χ0v) is 18.0. The first-order valence-electron chi connectivity index (χ1n) is 9.76. The van der Waals surface area contributed by atoms with Crippen LogP contribution < -0.4 is 15.8 Å². The molecule has 0 radical (unpaired) electrons. The van der Waals surface area contributed by atoms with E-state index in [4.69, 9.17) is 15.2 Å².